The van der Waals surface area contributed by atoms with Crippen LogP contribution >= 0.6 is 0 Å². The first-order chi connectivity index (χ1) is 12.1. The monoisotopic (exact) mass is 339 g/mol. The Morgan fingerprint density at radius 3 is 2.52 bits per heavy atom. The largest absolute Gasteiger partial charge is 0.371 e. The van der Waals surface area contributed by atoms with Crippen molar-refractivity contribution in [3.63, 3.8) is 0 Å². The number of anilines is 2. The molecule has 0 aliphatic carbocycles. The molecule has 0 radical (unpaired) electrons. The van der Waals surface area contributed by atoms with Crippen LogP contribution < -0.4 is 10.2 Å². The van der Waals surface area contributed by atoms with Gasteiger partial charge in [0.1, 0.15) is 0 Å². The number of nitro groups is 1. The third-order valence-electron chi connectivity index (χ3n) is 4.53. The van der Waals surface area contributed by atoms with Crippen molar-refractivity contribution in [2.45, 2.75) is 26.2 Å². The summed E-state index contributed by atoms with van der Waals surface area (Å²) in [5.74, 6) is -0.321. The summed E-state index contributed by atoms with van der Waals surface area (Å²) in [6.45, 7) is 3.64. The van der Waals surface area contributed by atoms with Gasteiger partial charge in [-0.2, -0.15) is 0 Å². The van der Waals surface area contributed by atoms with E-state index in [0.717, 1.165) is 37.2 Å². The molecule has 1 aliphatic rings. The van der Waals surface area contributed by atoms with Crippen molar-refractivity contribution in [1.29, 1.82) is 0 Å². The number of benzene rings is 2. The molecule has 1 heterocycles. The Labute approximate surface area is 146 Å². The number of nitro benzene ring substituents is 1. The normalized spacial score (nSPS) is 14.2. The molecule has 0 aromatic heterocycles. The number of amides is 1. The second-order valence-corrected chi connectivity index (χ2v) is 6.28. The zero-order valence-corrected chi connectivity index (χ0v) is 14.2. The number of hydrogen-bond donors (Lipinski definition) is 1. The predicted octanol–water partition coefficient (Wildman–Crippen LogP) is 4.15. The molecule has 1 aliphatic heterocycles. The second kappa shape index (κ2) is 7.34. The molecule has 1 saturated heterocycles. The summed E-state index contributed by atoms with van der Waals surface area (Å²) in [6, 6.07) is 12.0. The minimum Gasteiger partial charge on any atom is -0.371 e. The Morgan fingerprint density at radius 2 is 1.84 bits per heavy atom. The van der Waals surface area contributed by atoms with E-state index in [9.17, 15) is 14.9 Å². The lowest BCUT2D eigenvalue weighted by atomic mass is 10.1. The Bertz CT molecular complexity index is 798. The molecule has 0 unspecified atom stereocenters. The zero-order chi connectivity index (χ0) is 17.8. The van der Waals surface area contributed by atoms with Crippen molar-refractivity contribution in [3.8, 4) is 0 Å². The van der Waals surface area contributed by atoms with Gasteiger partial charge < -0.3 is 10.2 Å². The van der Waals surface area contributed by atoms with Gasteiger partial charge in [0.15, 0.2) is 0 Å². The number of nitrogens with one attached hydrogen (secondary N) is 1. The lowest BCUT2D eigenvalue weighted by molar-refractivity contribution is -0.384. The predicted molar refractivity (Wildman–Crippen MR) is 98.3 cm³/mol. The fourth-order valence-electron chi connectivity index (χ4n) is 3.13. The van der Waals surface area contributed by atoms with Gasteiger partial charge in [-0.1, -0.05) is 18.2 Å². The number of nitrogens with zero attached hydrogens (tertiary/aromatic N) is 2. The molecule has 2 aromatic rings. The molecule has 0 bridgehead atoms. The van der Waals surface area contributed by atoms with Gasteiger partial charge in [0.05, 0.1) is 16.2 Å². The zero-order valence-electron chi connectivity index (χ0n) is 14.2. The minimum atomic E-state index is -0.468. The van der Waals surface area contributed by atoms with Crippen LogP contribution in [0.5, 0.6) is 0 Å². The van der Waals surface area contributed by atoms with Crippen LogP contribution in [0.15, 0.2) is 42.5 Å². The summed E-state index contributed by atoms with van der Waals surface area (Å²) in [4.78, 5) is 25.7. The molecular weight excluding hydrogens is 318 g/mol. The van der Waals surface area contributed by atoms with E-state index in [0.29, 0.717) is 11.3 Å². The van der Waals surface area contributed by atoms with E-state index in [-0.39, 0.29) is 11.6 Å². The molecule has 1 amide bonds. The molecule has 2 aromatic carbocycles. The second-order valence-electron chi connectivity index (χ2n) is 6.28. The number of rotatable bonds is 4. The summed E-state index contributed by atoms with van der Waals surface area (Å²) in [6.07, 6.45) is 3.31. The number of aryl methyl sites for hydroxylation is 1. The van der Waals surface area contributed by atoms with E-state index >= 15 is 0 Å². The average Bonchev–Trinajstić information content (AvgIpc) is 2.63. The van der Waals surface area contributed by atoms with Crippen LogP contribution in [0, 0.1) is 17.0 Å². The van der Waals surface area contributed by atoms with Gasteiger partial charge in [-0.15, -0.1) is 0 Å². The maximum Gasteiger partial charge on any atom is 0.270 e. The van der Waals surface area contributed by atoms with Gasteiger partial charge in [0, 0.05) is 30.9 Å². The van der Waals surface area contributed by atoms with E-state index in [1.54, 1.807) is 6.07 Å². The number of carbonyl (C=O) groups excluding carboxylic acids is 1. The molecule has 3 rings (SSSR count). The SMILES string of the molecule is Cc1ccccc1NC(=O)c1cc([N+](=O)[O-])ccc1N1CCCCC1. The standard InChI is InChI=1S/C19H21N3O3/c1-14-7-3-4-8-17(14)20-19(23)16-13-15(22(24)25)9-10-18(16)21-11-5-2-6-12-21/h3-4,7-10,13H,2,5-6,11-12H2,1H3,(H,20,23). The Hall–Kier alpha value is -2.89. The Balaban J connectivity index is 1.96. The van der Waals surface area contributed by atoms with Crippen LogP contribution in [0.4, 0.5) is 17.1 Å². The fourth-order valence-corrected chi connectivity index (χ4v) is 3.13. The number of hydrogen-bond acceptors (Lipinski definition) is 4. The average molecular weight is 339 g/mol. The molecule has 1 N–H and O–H groups in total. The van der Waals surface area contributed by atoms with Crippen LogP contribution in [0.2, 0.25) is 0 Å². The highest BCUT2D eigenvalue weighted by Gasteiger charge is 2.22. The number of piperidine rings is 1. The minimum absolute atomic E-state index is 0.0734. The Morgan fingerprint density at radius 1 is 1.12 bits per heavy atom. The van der Waals surface area contributed by atoms with Crippen LogP contribution in [0.1, 0.15) is 35.2 Å². The topological polar surface area (TPSA) is 75.5 Å². The first-order valence-corrected chi connectivity index (χ1v) is 8.46. The summed E-state index contributed by atoms with van der Waals surface area (Å²) in [5, 5.41) is 14.0. The van der Waals surface area contributed by atoms with E-state index in [2.05, 4.69) is 10.2 Å². The van der Waals surface area contributed by atoms with Crippen molar-refractivity contribution >= 4 is 23.0 Å². The number of non-ortho nitro benzene ring substituents is 1. The van der Waals surface area contributed by atoms with Crippen LogP contribution in [0.25, 0.3) is 0 Å². The molecule has 6 nitrogen and oxygen atoms in total. The summed E-state index contributed by atoms with van der Waals surface area (Å²) < 4.78 is 0. The van der Waals surface area contributed by atoms with E-state index < -0.39 is 4.92 Å². The van der Waals surface area contributed by atoms with Crippen LogP contribution in [0.3, 0.4) is 0 Å². The highest BCUT2D eigenvalue weighted by atomic mass is 16.6. The quantitative estimate of drug-likeness (QED) is 0.671. The van der Waals surface area contributed by atoms with Crippen LogP contribution in [-0.4, -0.2) is 23.9 Å². The van der Waals surface area contributed by atoms with E-state index in [1.165, 1.54) is 18.6 Å². The summed E-state index contributed by atoms with van der Waals surface area (Å²) in [7, 11) is 0. The van der Waals surface area contributed by atoms with Gasteiger partial charge in [0.25, 0.3) is 11.6 Å². The van der Waals surface area contributed by atoms with E-state index in [4.69, 9.17) is 0 Å². The molecule has 0 atom stereocenters. The van der Waals surface area contributed by atoms with E-state index in [1.807, 2.05) is 31.2 Å². The highest BCUT2D eigenvalue weighted by Crippen LogP contribution is 2.29. The molecule has 25 heavy (non-hydrogen) atoms. The lowest BCUT2D eigenvalue weighted by Gasteiger charge is -2.30. The third kappa shape index (κ3) is 3.79. The van der Waals surface area contributed by atoms with Crippen molar-refractivity contribution in [2.24, 2.45) is 0 Å². The molecule has 130 valence electrons. The van der Waals surface area contributed by atoms with Gasteiger partial charge in [-0.3, -0.25) is 14.9 Å². The molecule has 1 fully saturated rings. The lowest BCUT2D eigenvalue weighted by Crippen LogP contribution is -2.31. The van der Waals surface area contributed by atoms with Gasteiger partial charge in [-0.25, -0.2) is 0 Å². The molecular formula is C19H21N3O3. The summed E-state index contributed by atoms with van der Waals surface area (Å²) >= 11 is 0. The Kier molecular flexibility index (Phi) is 4.97. The molecule has 0 spiro atoms. The maximum absolute atomic E-state index is 12.8. The van der Waals surface area contributed by atoms with Gasteiger partial charge in [0.2, 0.25) is 0 Å². The molecule has 0 saturated carbocycles. The smallest absolute Gasteiger partial charge is 0.270 e. The highest BCUT2D eigenvalue weighted by molar-refractivity contribution is 6.09. The van der Waals surface area contributed by atoms with Crippen LogP contribution in [-0.2, 0) is 0 Å². The van der Waals surface area contributed by atoms with Gasteiger partial charge in [-0.05, 0) is 43.9 Å². The van der Waals surface area contributed by atoms with Crippen molar-refractivity contribution < 1.29 is 9.72 Å². The summed E-state index contributed by atoms with van der Waals surface area (Å²) in [5.41, 5.74) is 2.69. The number of para-hydroxylation sites is 1. The first-order valence-electron chi connectivity index (χ1n) is 8.46. The first kappa shape index (κ1) is 17.0. The third-order valence-corrected chi connectivity index (χ3v) is 4.53. The molecule has 6 heteroatoms. The van der Waals surface area contributed by atoms with Gasteiger partial charge >= 0.3 is 0 Å². The fraction of sp³-hybridized carbons (Fsp3) is 0.316. The van der Waals surface area contributed by atoms with Crippen molar-refractivity contribution in [3.05, 3.63) is 63.7 Å². The van der Waals surface area contributed by atoms with Crippen molar-refractivity contribution in [2.75, 3.05) is 23.3 Å². The number of carbonyl (C=O) groups is 1. The van der Waals surface area contributed by atoms with Crippen molar-refractivity contribution in [1.82, 2.24) is 0 Å². The maximum atomic E-state index is 12.8.